The molecule has 1 aromatic carbocycles. The number of halogens is 3. The molecule has 1 aliphatic heterocycles. The Morgan fingerprint density at radius 2 is 2.04 bits per heavy atom. The number of methoxy groups -OCH3 is 1. The predicted octanol–water partition coefficient (Wildman–Crippen LogP) is 2.20. The van der Waals surface area contributed by atoms with Gasteiger partial charge < -0.3 is 9.84 Å². The molecule has 0 saturated carbocycles. The largest absolute Gasteiger partial charge is 0.495 e. The average molecular weight is 367 g/mol. The highest BCUT2D eigenvalue weighted by atomic mass is 32.2. The molecular formula is C14H16F3NO5S. The van der Waals surface area contributed by atoms with Gasteiger partial charge in [0.05, 0.1) is 18.6 Å². The molecule has 0 amide bonds. The molecule has 0 unspecified atom stereocenters. The van der Waals surface area contributed by atoms with Gasteiger partial charge in [-0.2, -0.15) is 17.5 Å². The van der Waals surface area contributed by atoms with Crippen molar-refractivity contribution in [1.82, 2.24) is 4.31 Å². The highest BCUT2D eigenvalue weighted by Gasteiger charge is 2.42. The maximum absolute atomic E-state index is 13.2. The van der Waals surface area contributed by atoms with Gasteiger partial charge in [0, 0.05) is 13.1 Å². The lowest BCUT2D eigenvalue weighted by Crippen LogP contribution is -2.42. The number of carboxylic acids is 1. The Kier molecular flexibility index (Phi) is 5.09. The van der Waals surface area contributed by atoms with Crippen LogP contribution < -0.4 is 4.74 Å². The first-order chi connectivity index (χ1) is 11.1. The van der Waals surface area contributed by atoms with Gasteiger partial charge >= 0.3 is 12.1 Å². The SMILES string of the molecule is COc1cccc(C(F)(F)F)c1S(=O)(=O)N1CCC[C@H](C(=O)O)C1. The van der Waals surface area contributed by atoms with Gasteiger partial charge in [-0.25, -0.2) is 8.42 Å². The highest BCUT2D eigenvalue weighted by Crippen LogP contribution is 2.40. The van der Waals surface area contributed by atoms with E-state index in [9.17, 15) is 26.4 Å². The second kappa shape index (κ2) is 6.60. The van der Waals surface area contributed by atoms with Gasteiger partial charge in [-0.15, -0.1) is 0 Å². The number of nitrogens with zero attached hydrogens (tertiary/aromatic N) is 1. The number of hydrogen-bond acceptors (Lipinski definition) is 4. The molecule has 134 valence electrons. The summed E-state index contributed by atoms with van der Waals surface area (Å²) in [6.07, 6.45) is -4.36. The van der Waals surface area contributed by atoms with Crippen molar-refractivity contribution in [2.45, 2.75) is 23.9 Å². The second-order valence-corrected chi connectivity index (χ2v) is 7.25. The van der Waals surface area contributed by atoms with Gasteiger partial charge in [-0.3, -0.25) is 4.79 Å². The van der Waals surface area contributed by atoms with Crippen molar-refractivity contribution >= 4 is 16.0 Å². The van der Waals surface area contributed by atoms with Crippen LogP contribution in [0.15, 0.2) is 23.1 Å². The number of alkyl halides is 3. The van der Waals surface area contributed by atoms with Crippen LogP contribution in [-0.2, 0) is 21.0 Å². The van der Waals surface area contributed by atoms with Crippen LogP contribution in [0, 0.1) is 5.92 Å². The van der Waals surface area contributed by atoms with Crippen molar-refractivity contribution in [3.63, 3.8) is 0 Å². The monoisotopic (exact) mass is 367 g/mol. The summed E-state index contributed by atoms with van der Waals surface area (Å²) in [6.45, 7) is -0.408. The quantitative estimate of drug-likeness (QED) is 0.882. The predicted molar refractivity (Wildman–Crippen MR) is 77.1 cm³/mol. The van der Waals surface area contributed by atoms with Gasteiger partial charge in [0.15, 0.2) is 0 Å². The zero-order valence-corrected chi connectivity index (χ0v) is 13.5. The third-order valence-corrected chi connectivity index (χ3v) is 5.78. The molecule has 10 heteroatoms. The number of carbonyl (C=O) groups is 1. The van der Waals surface area contributed by atoms with Gasteiger partial charge in [-0.05, 0) is 25.0 Å². The number of hydrogen-bond donors (Lipinski definition) is 1. The van der Waals surface area contributed by atoms with Gasteiger partial charge in [0.2, 0.25) is 10.0 Å². The van der Waals surface area contributed by atoms with Gasteiger partial charge in [-0.1, -0.05) is 6.07 Å². The normalized spacial score (nSPS) is 19.9. The van der Waals surface area contributed by atoms with Crippen LogP contribution in [0.3, 0.4) is 0 Å². The third kappa shape index (κ3) is 3.48. The number of carboxylic acid groups (broad SMARTS) is 1. The van der Waals surface area contributed by atoms with E-state index in [-0.39, 0.29) is 25.9 Å². The molecule has 0 aromatic heterocycles. The summed E-state index contributed by atoms with van der Waals surface area (Å²) in [5.41, 5.74) is -1.33. The molecule has 6 nitrogen and oxygen atoms in total. The summed E-state index contributed by atoms with van der Waals surface area (Å²) < 4.78 is 70.8. The van der Waals surface area contributed by atoms with Crippen molar-refractivity contribution < 1.29 is 36.2 Å². The molecule has 24 heavy (non-hydrogen) atoms. The standard InChI is InChI=1S/C14H16F3NO5S/c1-23-11-6-2-5-10(14(15,16)17)12(11)24(21,22)18-7-3-4-9(8-18)13(19)20/h2,5-6,9H,3-4,7-8H2,1H3,(H,19,20)/t9-/m0/s1. The minimum Gasteiger partial charge on any atom is -0.495 e. The smallest absolute Gasteiger partial charge is 0.417 e. The Hall–Kier alpha value is -1.81. The van der Waals surface area contributed by atoms with E-state index in [1.54, 1.807) is 0 Å². The summed E-state index contributed by atoms with van der Waals surface area (Å²) >= 11 is 0. The molecule has 2 rings (SSSR count). The number of ether oxygens (including phenoxy) is 1. The maximum atomic E-state index is 13.2. The zero-order chi connectivity index (χ0) is 18.1. The van der Waals surface area contributed by atoms with E-state index in [2.05, 4.69) is 0 Å². The summed E-state index contributed by atoms with van der Waals surface area (Å²) in [5, 5.41) is 9.05. The minimum absolute atomic E-state index is 0.0402. The van der Waals surface area contributed by atoms with Gasteiger partial charge in [0.1, 0.15) is 10.6 Å². The Labute approximate surface area is 136 Å². The highest BCUT2D eigenvalue weighted by molar-refractivity contribution is 7.89. The topological polar surface area (TPSA) is 83.9 Å². The molecule has 1 aliphatic rings. The molecule has 1 aromatic rings. The second-order valence-electron chi connectivity index (χ2n) is 5.38. The molecule has 1 atom stereocenters. The first-order valence-electron chi connectivity index (χ1n) is 7.06. The van der Waals surface area contributed by atoms with E-state index in [1.807, 2.05) is 0 Å². The van der Waals surface area contributed by atoms with Gasteiger partial charge in [0.25, 0.3) is 0 Å². The van der Waals surface area contributed by atoms with Crippen LogP contribution in [0.5, 0.6) is 5.75 Å². The number of sulfonamides is 1. The minimum atomic E-state index is -4.89. The van der Waals surface area contributed by atoms with Crippen LogP contribution in [-0.4, -0.2) is 44.0 Å². The lowest BCUT2D eigenvalue weighted by atomic mass is 10.0. The van der Waals surface area contributed by atoms with E-state index >= 15 is 0 Å². The first-order valence-corrected chi connectivity index (χ1v) is 8.50. The molecule has 1 N–H and O–H groups in total. The van der Waals surface area contributed by atoms with Crippen molar-refractivity contribution in [2.24, 2.45) is 5.92 Å². The fourth-order valence-electron chi connectivity index (χ4n) is 2.66. The Bertz CT molecular complexity index is 732. The van der Waals surface area contributed by atoms with Crippen molar-refractivity contribution in [3.8, 4) is 5.75 Å². The molecular weight excluding hydrogens is 351 g/mol. The van der Waals surface area contributed by atoms with Crippen molar-refractivity contribution in [2.75, 3.05) is 20.2 Å². The van der Waals surface area contributed by atoms with E-state index in [0.717, 1.165) is 23.5 Å². The maximum Gasteiger partial charge on any atom is 0.417 e. The summed E-state index contributed by atoms with van der Waals surface area (Å²) in [5.74, 6) is -2.55. The van der Waals surface area contributed by atoms with Crippen LogP contribution in [0.25, 0.3) is 0 Å². The Morgan fingerprint density at radius 1 is 1.38 bits per heavy atom. The van der Waals surface area contributed by atoms with Crippen LogP contribution >= 0.6 is 0 Å². The third-order valence-electron chi connectivity index (χ3n) is 3.84. The van der Waals surface area contributed by atoms with E-state index < -0.39 is 44.3 Å². The number of benzene rings is 1. The van der Waals surface area contributed by atoms with E-state index in [4.69, 9.17) is 9.84 Å². The molecule has 1 heterocycles. The summed E-state index contributed by atoms with van der Waals surface area (Å²) in [7, 11) is -3.49. The molecule has 0 aliphatic carbocycles. The molecule has 1 fully saturated rings. The lowest BCUT2D eigenvalue weighted by Gasteiger charge is -2.31. The summed E-state index contributed by atoms with van der Waals surface area (Å²) in [4.78, 5) is 10.1. The summed E-state index contributed by atoms with van der Waals surface area (Å²) in [6, 6.07) is 2.84. The molecule has 0 spiro atoms. The fraction of sp³-hybridized carbons (Fsp3) is 0.500. The van der Waals surface area contributed by atoms with Crippen LogP contribution in [0.4, 0.5) is 13.2 Å². The van der Waals surface area contributed by atoms with E-state index in [0.29, 0.717) is 6.07 Å². The van der Waals surface area contributed by atoms with Crippen LogP contribution in [0.1, 0.15) is 18.4 Å². The Balaban J connectivity index is 2.55. The number of rotatable bonds is 4. The Morgan fingerprint density at radius 3 is 2.58 bits per heavy atom. The van der Waals surface area contributed by atoms with E-state index in [1.165, 1.54) is 0 Å². The van der Waals surface area contributed by atoms with Crippen molar-refractivity contribution in [3.05, 3.63) is 23.8 Å². The fourth-order valence-corrected chi connectivity index (χ4v) is 4.53. The lowest BCUT2D eigenvalue weighted by molar-refractivity contribution is -0.143. The zero-order valence-electron chi connectivity index (χ0n) is 12.7. The van der Waals surface area contributed by atoms with Crippen molar-refractivity contribution in [1.29, 1.82) is 0 Å². The number of piperidine rings is 1. The average Bonchev–Trinajstić information content (AvgIpc) is 2.53. The molecule has 1 saturated heterocycles. The first kappa shape index (κ1) is 18.5. The number of aliphatic carboxylic acids is 1. The van der Waals surface area contributed by atoms with Crippen LogP contribution in [0.2, 0.25) is 0 Å². The molecule has 0 radical (unpaired) electrons. The molecule has 0 bridgehead atoms.